The van der Waals surface area contributed by atoms with Gasteiger partial charge in [0.2, 0.25) is 0 Å². The Labute approximate surface area is 95.9 Å². The van der Waals surface area contributed by atoms with Gasteiger partial charge in [0.05, 0.1) is 5.56 Å². The maximum atomic E-state index is 11.8. The molecule has 0 amide bonds. The molecule has 16 heavy (non-hydrogen) atoms. The summed E-state index contributed by atoms with van der Waals surface area (Å²) in [6.07, 6.45) is 7.51. The normalized spacial score (nSPS) is 16.1. The standard InChI is InChI=1S/C14H16O2/c15-14(12-8-4-3-5-9-12)16-13-10-6-1-2-7-11-13/h3-5,8-10H,1-2,6-7,11H2. The van der Waals surface area contributed by atoms with E-state index in [4.69, 9.17) is 4.74 Å². The molecule has 84 valence electrons. The second kappa shape index (κ2) is 5.50. The van der Waals surface area contributed by atoms with Gasteiger partial charge in [-0.2, -0.15) is 0 Å². The molecule has 2 nitrogen and oxygen atoms in total. The molecule has 0 saturated heterocycles. The van der Waals surface area contributed by atoms with E-state index in [1.165, 1.54) is 12.8 Å². The maximum absolute atomic E-state index is 11.8. The molecule has 0 heterocycles. The van der Waals surface area contributed by atoms with Gasteiger partial charge in [-0.25, -0.2) is 4.79 Å². The average molecular weight is 216 g/mol. The number of benzene rings is 1. The van der Waals surface area contributed by atoms with Crippen LogP contribution in [0.25, 0.3) is 0 Å². The second-order valence-corrected chi connectivity index (χ2v) is 4.03. The summed E-state index contributed by atoms with van der Waals surface area (Å²) in [5.41, 5.74) is 0.618. The Morgan fingerprint density at radius 3 is 2.69 bits per heavy atom. The minimum Gasteiger partial charge on any atom is -0.428 e. The van der Waals surface area contributed by atoms with Crippen molar-refractivity contribution >= 4 is 5.97 Å². The molecule has 0 N–H and O–H groups in total. The van der Waals surface area contributed by atoms with Gasteiger partial charge in [0.15, 0.2) is 0 Å². The van der Waals surface area contributed by atoms with E-state index in [0.717, 1.165) is 25.0 Å². The number of ether oxygens (including phenoxy) is 1. The molecular formula is C14H16O2. The van der Waals surface area contributed by atoms with Gasteiger partial charge in [0, 0.05) is 6.42 Å². The SMILES string of the molecule is O=C(OC1=CCCCCC1)c1ccccc1. The highest BCUT2D eigenvalue weighted by Gasteiger charge is 2.10. The van der Waals surface area contributed by atoms with E-state index in [1.54, 1.807) is 12.1 Å². The molecule has 0 fully saturated rings. The summed E-state index contributed by atoms with van der Waals surface area (Å²) >= 11 is 0. The number of hydrogen-bond donors (Lipinski definition) is 0. The number of rotatable bonds is 2. The Morgan fingerprint density at radius 1 is 1.06 bits per heavy atom. The zero-order valence-electron chi connectivity index (χ0n) is 9.32. The van der Waals surface area contributed by atoms with Crippen LogP contribution in [0.4, 0.5) is 0 Å². The molecule has 0 unspecified atom stereocenters. The van der Waals surface area contributed by atoms with E-state index in [9.17, 15) is 4.79 Å². The van der Waals surface area contributed by atoms with Crippen LogP contribution in [0.3, 0.4) is 0 Å². The van der Waals surface area contributed by atoms with Gasteiger partial charge in [-0.1, -0.05) is 24.6 Å². The summed E-state index contributed by atoms with van der Waals surface area (Å²) in [7, 11) is 0. The average Bonchev–Trinajstić information content (AvgIpc) is 2.59. The van der Waals surface area contributed by atoms with Crippen LogP contribution in [0.1, 0.15) is 42.5 Å². The Balaban J connectivity index is 1.99. The van der Waals surface area contributed by atoms with Gasteiger partial charge in [0.1, 0.15) is 5.76 Å². The number of esters is 1. The van der Waals surface area contributed by atoms with Crippen molar-refractivity contribution in [1.82, 2.24) is 0 Å². The molecular weight excluding hydrogens is 200 g/mol. The van der Waals surface area contributed by atoms with Crippen LogP contribution in [-0.2, 0) is 4.74 Å². The van der Waals surface area contributed by atoms with Crippen LogP contribution in [-0.4, -0.2) is 5.97 Å². The Bertz CT molecular complexity index is 379. The highest BCUT2D eigenvalue weighted by atomic mass is 16.5. The van der Waals surface area contributed by atoms with Crippen molar-refractivity contribution in [3.63, 3.8) is 0 Å². The summed E-state index contributed by atoms with van der Waals surface area (Å²) in [6.45, 7) is 0. The maximum Gasteiger partial charge on any atom is 0.343 e. The lowest BCUT2D eigenvalue weighted by molar-refractivity contribution is 0.0613. The van der Waals surface area contributed by atoms with Crippen LogP contribution in [0, 0.1) is 0 Å². The van der Waals surface area contributed by atoms with Crippen molar-refractivity contribution < 1.29 is 9.53 Å². The highest BCUT2D eigenvalue weighted by molar-refractivity contribution is 5.89. The van der Waals surface area contributed by atoms with Crippen molar-refractivity contribution in [2.45, 2.75) is 32.1 Å². The third-order valence-corrected chi connectivity index (χ3v) is 2.73. The fraction of sp³-hybridized carbons (Fsp3) is 0.357. The molecule has 1 aromatic rings. The van der Waals surface area contributed by atoms with Gasteiger partial charge < -0.3 is 4.74 Å². The molecule has 0 radical (unpaired) electrons. The summed E-state index contributed by atoms with van der Waals surface area (Å²) in [4.78, 5) is 11.8. The quantitative estimate of drug-likeness (QED) is 0.705. The van der Waals surface area contributed by atoms with E-state index in [1.807, 2.05) is 24.3 Å². The van der Waals surface area contributed by atoms with E-state index in [-0.39, 0.29) is 5.97 Å². The van der Waals surface area contributed by atoms with Crippen molar-refractivity contribution in [2.75, 3.05) is 0 Å². The monoisotopic (exact) mass is 216 g/mol. The number of hydrogen-bond acceptors (Lipinski definition) is 2. The van der Waals surface area contributed by atoms with E-state index in [2.05, 4.69) is 0 Å². The number of carbonyl (C=O) groups is 1. The molecule has 2 heteroatoms. The van der Waals surface area contributed by atoms with Gasteiger partial charge >= 0.3 is 5.97 Å². The molecule has 0 saturated carbocycles. The van der Waals surface area contributed by atoms with Crippen LogP contribution >= 0.6 is 0 Å². The first-order chi connectivity index (χ1) is 7.86. The molecule has 1 aliphatic rings. The van der Waals surface area contributed by atoms with Crippen LogP contribution in [0.2, 0.25) is 0 Å². The number of carbonyl (C=O) groups excluding carboxylic acids is 1. The summed E-state index contributed by atoms with van der Waals surface area (Å²) in [6, 6.07) is 9.14. The lowest BCUT2D eigenvalue weighted by Gasteiger charge is -2.06. The molecule has 2 rings (SSSR count). The third-order valence-electron chi connectivity index (χ3n) is 2.73. The minimum absolute atomic E-state index is 0.242. The van der Waals surface area contributed by atoms with Crippen LogP contribution < -0.4 is 0 Å². The summed E-state index contributed by atoms with van der Waals surface area (Å²) < 4.78 is 5.38. The van der Waals surface area contributed by atoms with Crippen molar-refractivity contribution in [3.05, 3.63) is 47.7 Å². The molecule has 0 atom stereocenters. The van der Waals surface area contributed by atoms with Crippen LogP contribution in [0.5, 0.6) is 0 Å². The van der Waals surface area contributed by atoms with Crippen LogP contribution in [0.15, 0.2) is 42.2 Å². The zero-order chi connectivity index (χ0) is 11.2. The van der Waals surface area contributed by atoms with Gasteiger partial charge in [0.25, 0.3) is 0 Å². The van der Waals surface area contributed by atoms with E-state index >= 15 is 0 Å². The molecule has 1 aliphatic carbocycles. The number of allylic oxidation sites excluding steroid dienone is 2. The lowest BCUT2D eigenvalue weighted by Crippen LogP contribution is -2.04. The third kappa shape index (κ3) is 2.96. The van der Waals surface area contributed by atoms with Gasteiger partial charge in [-0.15, -0.1) is 0 Å². The Morgan fingerprint density at radius 2 is 1.88 bits per heavy atom. The Kier molecular flexibility index (Phi) is 3.76. The van der Waals surface area contributed by atoms with Gasteiger partial charge in [-0.3, -0.25) is 0 Å². The molecule has 1 aromatic carbocycles. The van der Waals surface area contributed by atoms with Crippen molar-refractivity contribution in [3.8, 4) is 0 Å². The zero-order valence-corrected chi connectivity index (χ0v) is 9.32. The fourth-order valence-corrected chi connectivity index (χ4v) is 1.83. The largest absolute Gasteiger partial charge is 0.428 e. The highest BCUT2D eigenvalue weighted by Crippen LogP contribution is 2.19. The summed E-state index contributed by atoms with van der Waals surface area (Å²) in [5, 5.41) is 0. The molecule has 0 aliphatic heterocycles. The first-order valence-electron chi connectivity index (χ1n) is 5.82. The second-order valence-electron chi connectivity index (χ2n) is 4.03. The summed E-state index contributed by atoms with van der Waals surface area (Å²) in [5.74, 6) is 0.597. The lowest BCUT2D eigenvalue weighted by atomic mass is 10.2. The molecule has 0 aromatic heterocycles. The molecule has 0 bridgehead atoms. The first-order valence-corrected chi connectivity index (χ1v) is 5.82. The smallest absolute Gasteiger partial charge is 0.343 e. The van der Waals surface area contributed by atoms with E-state index < -0.39 is 0 Å². The minimum atomic E-state index is -0.242. The predicted octanol–water partition coefficient (Wildman–Crippen LogP) is 3.69. The fourth-order valence-electron chi connectivity index (χ4n) is 1.83. The first kappa shape index (κ1) is 10.9. The molecule has 0 spiro atoms. The van der Waals surface area contributed by atoms with Gasteiger partial charge in [-0.05, 0) is 37.5 Å². The Hall–Kier alpha value is -1.57. The predicted molar refractivity (Wildman–Crippen MR) is 63.0 cm³/mol. The van der Waals surface area contributed by atoms with Crippen molar-refractivity contribution in [1.29, 1.82) is 0 Å². The van der Waals surface area contributed by atoms with Crippen molar-refractivity contribution in [2.24, 2.45) is 0 Å². The topological polar surface area (TPSA) is 26.3 Å². The van der Waals surface area contributed by atoms with E-state index in [0.29, 0.717) is 5.56 Å².